The second-order valence-electron chi connectivity index (χ2n) is 10.2. The van der Waals surface area contributed by atoms with Gasteiger partial charge in [-0.2, -0.15) is 0 Å². The zero-order valence-electron chi connectivity index (χ0n) is 20.3. The van der Waals surface area contributed by atoms with Gasteiger partial charge in [0, 0.05) is 24.0 Å². The van der Waals surface area contributed by atoms with E-state index in [1.807, 2.05) is 55.2 Å². The maximum Gasteiger partial charge on any atom is 0.251 e. The first-order chi connectivity index (χ1) is 15.7. The molecule has 2 atom stereocenters. The molecule has 7 nitrogen and oxygen atoms in total. The van der Waals surface area contributed by atoms with E-state index in [0.717, 1.165) is 18.4 Å². The highest BCUT2D eigenvalue weighted by Crippen LogP contribution is 2.30. The van der Waals surface area contributed by atoms with E-state index in [4.69, 9.17) is 17.3 Å². The number of piperidine rings is 1. The topological polar surface area (TPSA) is 90.7 Å². The van der Waals surface area contributed by atoms with Crippen LogP contribution in [-0.2, 0) is 16.0 Å². The normalized spacial score (nSPS) is 21.4. The lowest BCUT2D eigenvalue weighted by Crippen LogP contribution is -2.61. The molecule has 1 aliphatic heterocycles. The molecule has 1 aromatic rings. The first-order valence-corrected chi connectivity index (χ1v) is 12.6. The summed E-state index contributed by atoms with van der Waals surface area (Å²) in [5.41, 5.74) is 9.99. The summed E-state index contributed by atoms with van der Waals surface area (Å²) in [4.78, 5) is 27.8. The molecule has 4 N–H and O–H groups in total. The highest BCUT2D eigenvalue weighted by molar-refractivity contribution is 6.30. The summed E-state index contributed by atoms with van der Waals surface area (Å²) in [5, 5.41) is 5.76. The van der Waals surface area contributed by atoms with Gasteiger partial charge >= 0.3 is 0 Å². The molecular formula is C25H40ClN5O2. The molecule has 8 heteroatoms. The largest absolute Gasteiger partial charge is 0.338 e. The summed E-state index contributed by atoms with van der Waals surface area (Å²) in [5.74, 6) is 0.289. The van der Waals surface area contributed by atoms with E-state index in [9.17, 15) is 9.59 Å². The Bertz CT molecular complexity index is 784. The number of hydrogen-bond donors (Lipinski definition) is 3. The number of rotatable bonds is 8. The zero-order valence-corrected chi connectivity index (χ0v) is 21.0. The van der Waals surface area contributed by atoms with Crippen LogP contribution in [0.1, 0.15) is 57.4 Å². The molecular weight excluding hydrogens is 438 g/mol. The van der Waals surface area contributed by atoms with E-state index < -0.39 is 5.66 Å². The molecule has 1 saturated heterocycles. The van der Waals surface area contributed by atoms with Crippen LogP contribution in [0.25, 0.3) is 0 Å². The monoisotopic (exact) mass is 477 g/mol. The number of likely N-dealkylation sites (N-methyl/N-ethyl adjacent to an activating group) is 1. The standard InChI is InChI=1S/C25H40ClN5O2/c1-25(27,20-7-5-4-6-8-20)28-23(32)19-13-15-31(16-14-19)29-24(33)22(30(2)3)17-18-9-11-21(26)12-10-18/h9-12,19-20,22H,4-8,13-17,27H2,1-3H3,(H,28,32)(H,29,33)/t22-,25-/m1/s1. The van der Waals surface area contributed by atoms with Gasteiger partial charge in [-0.25, -0.2) is 5.01 Å². The Labute approximate surface area is 203 Å². The smallest absolute Gasteiger partial charge is 0.251 e. The number of nitrogens with one attached hydrogen (secondary N) is 2. The van der Waals surface area contributed by atoms with Crippen molar-refractivity contribution in [1.29, 1.82) is 0 Å². The Morgan fingerprint density at radius 2 is 1.73 bits per heavy atom. The lowest BCUT2D eigenvalue weighted by atomic mass is 9.80. The molecule has 2 fully saturated rings. The van der Waals surface area contributed by atoms with Gasteiger partial charge in [-0.05, 0) is 76.7 Å². The fraction of sp³-hybridized carbons (Fsp3) is 0.680. The molecule has 2 amide bonds. The molecule has 184 valence electrons. The summed E-state index contributed by atoms with van der Waals surface area (Å²) in [6, 6.07) is 7.31. The number of nitrogens with zero attached hydrogens (tertiary/aromatic N) is 2. The number of halogens is 1. The van der Waals surface area contributed by atoms with Crippen LogP contribution in [-0.4, -0.2) is 60.6 Å². The molecule has 2 aliphatic rings. The second kappa shape index (κ2) is 11.6. The predicted molar refractivity (Wildman–Crippen MR) is 132 cm³/mol. The van der Waals surface area contributed by atoms with Crippen LogP contribution in [0, 0.1) is 11.8 Å². The highest BCUT2D eigenvalue weighted by Gasteiger charge is 2.35. The van der Waals surface area contributed by atoms with Crippen LogP contribution in [0.2, 0.25) is 5.02 Å². The van der Waals surface area contributed by atoms with Crippen molar-refractivity contribution >= 4 is 23.4 Å². The molecule has 1 aliphatic carbocycles. The van der Waals surface area contributed by atoms with Gasteiger partial charge in [0.15, 0.2) is 0 Å². The number of carbonyl (C=O) groups is 2. The van der Waals surface area contributed by atoms with Gasteiger partial charge in [0.2, 0.25) is 5.91 Å². The highest BCUT2D eigenvalue weighted by atomic mass is 35.5. The van der Waals surface area contributed by atoms with E-state index >= 15 is 0 Å². The third-order valence-electron chi connectivity index (χ3n) is 7.25. The molecule has 3 rings (SSSR count). The van der Waals surface area contributed by atoms with Gasteiger partial charge in [0.25, 0.3) is 5.91 Å². The maximum absolute atomic E-state index is 13.0. The van der Waals surface area contributed by atoms with Crippen molar-refractivity contribution < 1.29 is 9.59 Å². The SMILES string of the molecule is CN(C)[C@H](Cc1ccc(Cl)cc1)C(=O)NN1CCC(C(=O)N[C@@](C)(N)C2CCCCC2)CC1. The minimum atomic E-state index is -0.649. The van der Waals surface area contributed by atoms with Crippen molar-refractivity contribution in [3.05, 3.63) is 34.9 Å². The summed E-state index contributed by atoms with van der Waals surface area (Å²) in [6.45, 7) is 3.25. The summed E-state index contributed by atoms with van der Waals surface area (Å²) < 4.78 is 0. The summed E-state index contributed by atoms with van der Waals surface area (Å²) >= 11 is 5.98. The van der Waals surface area contributed by atoms with Crippen molar-refractivity contribution in [2.75, 3.05) is 27.2 Å². The maximum atomic E-state index is 13.0. The van der Waals surface area contributed by atoms with Crippen molar-refractivity contribution in [2.45, 2.75) is 70.0 Å². The van der Waals surface area contributed by atoms with Crippen LogP contribution in [0.15, 0.2) is 24.3 Å². The molecule has 0 radical (unpaired) electrons. The molecule has 33 heavy (non-hydrogen) atoms. The zero-order chi connectivity index (χ0) is 24.0. The first kappa shape index (κ1) is 25.9. The van der Waals surface area contributed by atoms with Gasteiger partial charge in [-0.1, -0.05) is 43.0 Å². The second-order valence-corrected chi connectivity index (χ2v) is 10.6. The molecule has 0 aromatic heterocycles. The molecule has 1 heterocycles. The minimum Gasteiger partial charge on any atom is -0.338 e. The fourth-order valence-corrected chi connectivity index (χ4v) is 5.14. The predicted octanol–water partition coefficient (Wildman–Crippen LogP) is 2.93. The van der Waals surface area contributed by atoms with Crippen molar-refractivity contribution in [3.8, 4) is 0 Å². The van der Waals surface area contributed by atoms with Crippen LogP contribution < -0.4 is 16.5 Å². The van der Waals surface area contributed by atoms with E-state index in [1.54, 1.807) is 0 Å². The van der Waals surface area contributed by atoms with Gasteiger partial charge in [0.05, 0.1) is 11.7 Å². The van der Waals surface area contributed by atoms with Gasteiger partial charge in [-0.15, -0.1) is 0 Å². The average Bonchev–Trinajstić information content (AvgIpc) is 2.79. The number of carbonyl (C=O) groups excluding carboxylic acids is 2. The third-order valence-corrected chi connectivity index (χ3v) is 7.50. The Morgan fingerprint density at radius 3 is 2.30 bits per heavy atom. The Balaban J connectivity index is 1.47. The number of hydrogen-bond acceptors (Lipinski definition) is 5. The number of amides is 2. The molecule has 1 saturated carbocycles. The third kappa shape index (κ3) is 7.41. The molecule has 0 bridgehead atoms. The van der Waals surface area contributed by atoms with Crippen LogP contribution in [0.3, 0.4) is 0 Å². The Hall–Kier alpha value is -1.67. The van der Waals surface area contributed by atoms with Crippen molar-refractivity contribution in [2.24, 2.45) is 17.6 Å². The van der Waals surface area contributed by atoms with E-state index in [-0.39, 0.29) is 23.8 Å². The fourth-order valence-electron chi connectivity index (χ4n) is 5.01. The van der Waals surface area contributed by atoms with Crippen molar-refractivity contribution in [3.63, 3.8) is 0 Å². The minimum absolute atomic E-state index is 0.0373. The van der Waals surface area contributed by atoms with E-state index in [2.05, 4.69) is 10.7 Å². The quantitative estimate of drug-likeness (QED) is 0.501. The first-order valence-electron chi connectivity index (χ1n) is 12.2. The lowest BCUT2D eigenvalue weighted by molar-refractivity contribution is -0.133. The Kier molecular flexibility index (Phi) is 9.16. The number of nitrogens with two attached hydrogens (primary N) is 1. The lowest BCUT2D eigenvalue weighted by Gasteiger charge is -2.39. The van der Waals surface area contributed by atoms with Gasteiger partial charge in [-0.3, -0.25) is 19.9 Å². The van der Waals surface area contributed by atoms with Crippen molar-refractivity contribution in [1.82, 2.24) is 20.7 Å². The van der Waals surface area contributed by atoms with Gasteiger partial charge < -0.3 is 11.1 Å². The summed E-state index contributed by atoms with van der Waals surface area (Å²) in [7, 11) is 3.82. The number of hydrazine groups is 1. The molecule has 1 aromatic carbocycles. The number of benzene rings is 1. The van der Waals surface area contributed by atoms with Gasteiger partial charge in [0.1, 0.15) is 0 Å². The molecule has 0 spiro atoms. The molecule has 0 unspecified atom stereocenters. The van der Waals surface area contributed by atoms with E-state index in [1.165, 1.54) is 19.3 Å². The average molecular weight is 478 g/mol. The summed E-state index contributed by atoms with van der Waals surface area (Å²) in [6.07, 6.45) is 7.83. The van der Waals surface area contributed by atoms with Crippen LogP contribution in [0.5, 0.6) is 0 Å². The Morgan fingerprint density at radius 1 is 1.12 bits per heavy atom. The van der Waals surface area contributed by atoms with Crippen LogP contribution >= 0.6 is 11.6 Å². The van der Waals surface area contributed by atoms with Crippen LogP contribution in [0.4, 0.5) is 0 Å². The van der Waals surface area contributed by atoms with E-state index in [0.29, 0.717) is 43.3 Å².